The van der Waals surface area contributed by atoms with E-state index in [9.17, 15) is 0 Å². The largest absolute Gasteiger partial charge is 0.456 e. The molecule has 0 amide bonds. The molecule has 5 nitrogen and oxygen atoms in total. The second-order valence-electron chi connectivity index (χ2n) is 36.8. The van der Waals surface area contributed by atoms with E-state index in [2.05, 4.69) is 422 Å². The van der Waals surface area contributed by atoms with Crippen molar-refractivity contribution in [3.8, 4) is 78.1 Å². The van der Waals surface area contributed by atoms with Gasteiger partial charge in [-0.15, -0.1) is 34.0 Å². The summed E-state index contributed by atoms with van der Waals surface area (Å²) in [5, 5.41) is 29.7. The van der Waals surface area contributed by atoms with E-state index in [-0.39, 0.29) is 0 Å². The SMILES string of the molecule is Clc1ccc(-c2ccc3c(c2)sc2cccc(-c4cc5c(oc6c7ccccc7c7ccccc7c56)c5ccccc45)c23)cc1.Clc1ccc(-c2ccc3oc4ccc(-c5ccc6c7ccccc7n(-c7ccccc7)c6c5)cc4c3c2)cc1.Clc1ccc2oc3ccc(-c4ccc5c6ccccc6n(-c6ccccc6)c5c4)cc3c2c1.Clc1ccc2sc3cccc(-c4ccc5sc6ccccc6c5c4)c3c2c1. The minimum absolute atomic E-state index is 0.712. The Labute approximate surface area is 856 Å². The summed E-state index contributed by atoms with van der Waals surface area (Å²) in [6.45, 7) is 0. The van der Waals surface area contributed by atoms with Crippen LogP contribution in [0.1, 0.15) is 0 Å². The highest BCUT2D eigenvalue weighted by molar-refractivity contribution is 7.26. The molecule has 0 N–H and O–H groups in total. The number of nitrogens with zero attached hydrogens (tertiary/aromatic N) is 2. The maximum atomic E-state index is 6.88. The number of aromatic nitrogens is 2. The average molecular weight is 1980 g/mol. The van der Waals surface area contributed by atoms with Crippen molar-refractivity contribution in [2.45, 2.75) is 0 Å². The van der Waals surface area contributed by atoms with Gasteiger partial charge < -0.3 is 22.4 Å². The van der Waals surface area contributed by atoms with Crippen LogP contribution < -0.4 is 0 Å². The van der Waals surface area contributed by atoms with Crippen molar-refractivity contribution >= 4 is 283 Å². The Morgan fingerprint density at radius 1 is 0.160 bits per heavy atom. The minimum atomic E-state index is 0.712. The van der Waals surface area contributed by atoms with Crippen LogP contribution in [0.25, 0.3) is 280 Å². The number of hydrogen-bond acceptors (Lipinski definition) is 6. The van der Waals surface area contributed by atoms with Crippen LogP contribution in [0.4, 0.5) is 0 Å². The Morgan fingerprint density at radius 3 is 1.10 bits per heavy atom. The van der Waals surface area contributed by atoms with Crippen molar-refractivity contribution in [1.29, 1.82) is 0 Å². The first-order valence-electron chi connectivity index (χ1n) is 47.9. The summed E-state index contributed by atoms with van der Waals surface area (Å²) in [5.41, 5.74) is 26.8. The summed E-state index contributed by atoms with van der Waals surface area (Å²) in [6, 6.07) is 163. The fourth-order valence-corrected chi connectivity index (χ4v) is 25.9. The van der Waals surface area contributed by atoms with E-state index in [4.69, 9.17) is 59.7 Å². The number of halogens is 4. The fourth-order valence-electron chi connectivity index (χ4n) is 22.0. The Bertz CT molecular complexity index is 10700. The molecule has 0 saturated heterocycles. The van der Waals surface area contributed by atoms with Crippen LogP contribution >= 0.6 is 80.4 Å². The zero-order chi connectivity index (χ0) is 95.5. The second kappa shape index (κ2) is 34.8. The van der Waals surface area contributed by atoms with Gasteiger partial charge in [-0.05, 0) is 276 Å². The van der Waals surface area contributed by atoms with E-state index >= 15 is 0 Å². The normalized spacial score (nSPS) is 11.9. The smallest absolute Gasteiger partial charge is 0.143 e. The van der Waals surface area contributed by atoms with Gasteiger partial charge in [-0.25, -0.2) is 0 Å². The lowest BCUT2D eigenvalue weighted by Crippen LogP contribution is -1.93. The predicted molar refractivity (Wildman–Crippen MR) is 620 cm³/mol. The van der Waals surface area contributed by atoms with Gasteiger partial charge in [-0.2, -0.15) is 0 Å². The molecule has 0 bridgehead atoms. The molecule has 678 valence electrons. The number of furan rings is 3. The van der Waals surface area contributed by atoms with Gasteiger partial charge in [0, 0.05) is 157 Å². The summed E-state index contributed by atoms with van der Waals surface area (Å²) >= 11 is 30.4. The van der Waals surface area contributed by atoms with Crippen LogP contribution in [0.2, 0.25) is 20.1 Å². The Hall–Kier alpha value is -16.3. The molecule has 12 heteroatoms. The third-order valence-electron chi connectivity index (χ3n) is 28.6. The number of fused-ring (bicyclic) bond motifs is 31. The van der Waals surface area contributed by atoms with Gasteiger partial charge in [-0.1, -0.05) is 319 Å². The number of rotatable bonds is 8. The molecule has 0 aliphatic heterocycles. The number of benzene rings is 23. The number of hydrogen-bond donors (Lipinski definition) is 0. The summed E-state index contributed by atoms with van der Waals surface area (Å²) in [4.78, 5) is 0. The third-order valence-corrected chi connectivity index (χ3v) is 33.0. The zero-order valence-corrected chi connectivity index (χ0v) is 82.2. The molecule has 31 aromatic rings. The maximum Gasteiger partial charge on any atom is 0.143 e. The first-order valence-corrected chi connectivity index (χ1v) is 51.9. The molecule has 0 atom stereocenters. The Kier molecular flexibility index (Phi) is 20.7. The van der Waals surface area contributed by atoms with E-state index in [1.165, 1.54) is 176 Å². The highest BCUT2D eigenvalue weighted by Crippen LogP contribution is 2.52. The molecule has 31 rings (SSSR count). The van der Waals surface area contributed by atoms with E-state index in [1.807, 2.05) is 82.5 Å². The van der Waals surface area contributed by atoms with Crippen molar-refractivity contribution < 1.29 is 13.3 Å². The molecule has 8 heterocycles. The van der Waals surface area contributed by atoms with Crippen molar-refractivity contribution in [3.05, 3.63) is 481 Å². The van der Waals surface area contributed by atoms with Gasteiger partial charge >= 0.3 is 0 Å². The average Bonchev–Trinajstić information content (AvgIpc) is 1.54. The maximum absolute atomic E-state index is 6.88. The molecule has 0 radical (unpaired) electrons. The molecular formula is C132H76Cl4N2O3S3. The first kappa shape index (κ1) is 85.6. The summed E-state index contributed by atoms with van der Waals surface area (Å²) in [5.74, 6) is 0. The standard InChI is InChI=1S/C42H23ClOS.C36H22ClNO.C30H18ClNO.C24H13ClS2/c43-26-19-16-24(17-20-26)25-18-21-34-38(22-25)45-37-15-7-14-31(39(34)37)35-23-36-40-30-11-4-1-8-27(30)28-9-2-6-13-33(28)42(40)44-41(36)32-12-5-3-10-29(32)35;37-27-15-10-23(11-16-27)24-13-18-35-31(20-24)32-21-25(14-19-36(32)39-35)26-12-17-30-29-8-4-5-9-33(29)38(34(30)22-26)28-6-2-1-3-7-28;31-21-12-15-30-26(18-21)25-16-19(11-14-29(25)33-30)20-10-13-24-23-8-4-5-9-27(23)32(28(24)17-20)22-6-2-1-3-7-22;25-15-9-11-22-19(13-15)24-16(5-3-7-23(24)27-22)14-8-10-21-18(12-14)17-4-1-2-6-20(17)26-21/h1-23H;1-22H;1-18H;1-13H. The van der Waals surface area contributed by atoms with E-state index < -0.39 is 0 Å². The fraction of sp³-hybridized carbons (Fsp3) is 0. The zero-order valence-electron chi connectivity index (χ0n) is 76.7. The van der Waals surface area contributed by atoms with Gasteiger partial charge in [0.25, 0.3) is 0 Å². The molecule has 23 aromatic carbocycles. The van der Waals surface area contributed by atoms with Gasteiger partial charge in [0.2, 0.25) is 0 Å². The monoisotopic (exact) mass is 1970 g/mol. The Morgan fingerprint density at radius 2 is 0.521 bits per heavy atom. The molecule has 0 aliphatic rings. The molecule has 0 saturated carbocycles. The lowest BCUT2D eigenvalue weighted by atomic mass is 9.91. The van der Waals surface area contributed by atoms with Crippen LogP contribution in [-0.2, 0) is 0 Å². The van der Waals surface area contributed by atoms with E-state index in [0.29, 0.717) is 5.02 Å². The summed E-state index contributed by atoms with van der Waals surface area (Å²) < 4.78 is 31.7. The van der Waals surface area contributed by atoms with Gasteiger partial charge in [0.05, 0.1) is 22.1 Å². The van der Waals surface area contributed by atoms with Crippen LogP contribution in [0.3, 0.4) is 0 Å². The molecule has 144 heavy (non-hydrogen) atoms. The highest BCUT2D eigenvalue weighted by Gasteiger charge is 2.25. The van der Waals surface area contributed by atoms with Crippen molar-refractivity contribution in [2.24, 2.45) is 0 Å². The topological polar surface area (TPSA) is 49.3 Å². The summed E-state index contributed by atoms with van der Waals surface area (Å²) in [6.07, 6.45) is 0. The number of thiophene rings is 3. The second-order valence-corrected chi connectivity index (χ2v) is 41.8. The van der Waals surface area contributed by atoms with Crippen molar-refractivity contribution in [2.75, 3.05) is 0 Å². The predicted octanol–water partition coefficient (Wildman–Crippen LogP) is 41.8. The van der Waals surface area contributed by atoms with Crippen molar-refractivity contribution in [3.63, 3.8) is 0 Å². The van der Waals surface area contributed by atoms with Gasteiger partial charge in [0.15, 0.2) is 0 Å². The molecule has 0 spiro atoms. The first-order chi connectivity index (χ1) is 71.0. The van der Waals surface area contributed by atoms with Crippen LogP contribution in [0.15, 0.2) is 474 Å². The third kappa shape index (κ3) is 14.5. The van der Waals surface area contributed by atoms with E-state index in [0.717, 1.165) is 120 Å². The molecule has 8 aromatic heterocycles. The van der Waals surface area contributed by atoms with E-state index in [1.54, 1.807) is 0 Å². The summed E-state index contributed by atoms with van der Waals surface area (Å²) in [7, 11) is 0. The van der Waals surface area contributed by atoms with Crippen LogP contribution in [-0.4, -0.2) is 9.13 Å². The molecule has 0 aliphatic carbocycles. The van der Waals surface area contributed by atoms with Crippen LogP contribution in [0.5, 0.6) is 0 Å². The lowest BCUT2D eigenvalue weighted by molar-refractivity contribution is 0.668. The lowest BCUT2D eigenvalue weighted by Gasteiger charge is -2.11. The minimum Gasteiger partial charge on any atom is -0.456 e. The van der Waals surface area contributed by atoms with Gasteiger partial charge in [0.1, 0.15) is 33.5 Å². The quantitative estimate of drug-likeness (QED) is 0.142. The van der Waals surface area contributed by atoms with Gasteiger partial charge in [-0.3, -0.25) is 0 Å². The molecule has 0 unspecified atom stereocenters. The highest BCUT2D eigenvalue weighted by atomic mass is 35.5. The Balaban J connectivity index is 0.0000000948. The molecular weight excluding hydrogens is 1900 g/mol. The molecule has 0 fully saturated rings. The number of para-hydroxylation sites is 4. The van der Waals surface area contributed by atoms with Crippen molar-refractivity contribution in [1.82, 2.24) is 9.13 Å². The van der Waals surface area contributed by atoms with Crippen LogP contribution in [0, 0.1) is 0 Å².